The van der Waals surface area contributed by atoms with Crippen LogP contribution in [-0.2, 0) is 6.42 Å². The molecule has 1 aromatic rings. The lowest BCUT2D eigenvalue weighted by molar-refractivity contribution is 0.128. The average Bonchev–Trinajstić information content (AvgIpc) is 2.27. The van der Waals surface area contributed by atoms with Gasteiger partial charge in [0.2, 0.25) is 0 Å². The summed E-state index contributed by atoms with van der Waals surface area (Å²) in [7, 11) is 0. The number of hydrogen-bond acceptors (Lipinski definition) is 1. The molecule has 1 aromatic carbocycles. The Bertz CT molecular complexity index is 249. The highest BCUT2D eigenvalue weighted by Gasteiger charge is 2.20. The molecule has 0 radical (unpaired) electrons. The zero-order valence-electron chi connectivity index (χ0n) is 9.16. The largest absolute Gasteiger partial charge is 0.396 e. The summed E-state index contributed by atoms with van der Waals surface area (Å²) in [4.78, 5) is 0. The second kappa shape index (κ2) is 5.16. The van der Waals surface area contributed by atoms with Crippen molar-refractivity contribution in [2.75, 3.05) is 6.61 Å². The third kappa shape index (κ3) is 3.15. The highest BCUT2D eigenvalue weighted by molar-refractivity contribution is 5.14. The molecule has 0 spiro atoms. The van der Waals surface area contributed by atoms with Crippen LogP contribution in [0.15, 0.2) is 30.3 Å². The number of aryl methyl sites for hydroxylation is 1. The molecule has 1 rings (SSSR count). The Morgan fingerprint density at radius 3 is 2.36 bits per heavy atom. The van der Waals surface area contributed by atoms with Crippen molar-refractivity contribution >= 4 is 0 Å². The van der Waals surface area contributed by atoms with Crippen LogP contribution >= 0.6 is 0 Å². The van der Waals surface area contributed by atoms with Gasteiger partial charge in [0.1, 0.15) is 0 Å². The summed E-state index contributed by atoms with van der Waals surface area (Å²) in [5, 5.41) is 9.26. The van der Waals surface area contributed by atoms with Crippen LogP contribution in [0.1, 0.15) is 32.3 Å². The summed E-state index contributed by atoms with van der Waals surface area (Å²) < 4.78 is 0. The van der Waals surface area contributed by atoms with Crippen LogP contribution < -0.4 is 0 Å². The van der Waals surface area contributed by atoms with Crippen LogP contribution in [0.2, 0.25) is 0 Å². The smallest absolute Gasteiger partial charge is 0.0484 e. The summed E-state index contributed by atoms with van der Waals surface area (Å²) in [5.41, 5.74) is 1.45. The quantitative estimate of drug-likeness (QED) is 0.760. The van der Waals surface area contributed by atoms with E-state index in [2.05, 4.69) is 38.1 Å². The normalized spacial score (nSPS) is 15.1. The van der Waals surface area contributed by atoms with Crippen LogP contribution in [0, 0.1) is 5.41 Å². The summed E-state index contributed by atoms with van der Waals surface area (Å²) in [5.74, 6) is 0. The van der Waals surface area contributed by atoms with Gasteiger partial charge in [-0.25, -0.2) is 0 Å². The van der Waals surface area contributed by atoms with Crippen LogP contribution in [0.25, 0.3) is 0 Å². The summed E-state index contributed by atoms with van der Waals surface area (Å²) in [6.07, 6.45) is 3.16. The predicted octanol–water partition coefficient (Wildman–Crippen LogP) is 3.03. The van der Waals surface area contributed by atoms with E-state index in [0.29, 0.717) is 0 Å². The lowest BCUT2D eigenvalue weighted by Gasteiger charge is -2.25. The van der Waals surface area contributed by atoms with Gasteiger partial charge in [-0.05, 0) is 30.2 Å². The zero-order valence-corrected chi connectivity index (χ0v) is 9.16. The molecule has 1 atom stereocenters. The lowest BCUT2D eigenvalue weighted by Crippen LogP contribution is -2.20. The van der Waals surface area contributed by atoms with Crippen molar-refractivity contribution in [1.82, 2.24) is 0 Å². The first-order valence-electron chi connectivity index (χ1n) is 5.35. The fourth-order valence-electron chi connectivity index (χ4n) is 1.46. The van der Waals surface area contributed by atoms with Crippen molar-refractivity contribution in [3.63, 3.8) is 0 Å². The van der Waals surface area contributed by atoms with Gasteiger partial charge in [-0.15, -0.1) is 0 Å². The fourth-order valence-corrected chi connectivity index (χ4v) is 1.46. The van der Waals surface area contributed by atoms with Crippen molar-refractivity contribution in [2.45, 2.75) is 33.1 Å². The zero-order chi connectivity index (χ0) is 10.4. The highest BCUT2D eigenvalue weighted by atomic mass is 16.3. The molecule has 0 unspecified atom stereocenters. The SMILES string of the molecule is CC[C@](C)(CO)CCc1ccccc1. The number of aliphatic hydroxyl groups is 1. The topological polar surface area (TPSA) is 20.2 Å². The van der Waals surface area contributed by atoms with Gasteiger partial charge in [-0.3, -0.25) is 0 Å². The van der Waals surface area contributed by atoms with E-state index in [1.165, 1.54) is 5.56 Å². The summed E-state index contributed by atoms with van der Waals surface area (Å²) in [6.45, 7) is 4.58. The molecular weight excluding hydrogens is 172 g/mol. The van der Waals surface area contributed by atoms with E-state index in [1.807, 2.05) is 6.07 Å². The van der Waals surface area contributed by atoms with E-state index >= 15 is 0 Å². The standard InChI is InChI=1S/C13H20O/c1-3-13(2,11-14)10-9-12-7-5-4-6-8-12/h4-8,14H,3,9-11H2,1-2H3/t13-/m0/s1. The maximum absolute atomic E-state index is 9.26. The molecule has 1 heteroatoms. The Labute approximate surface area is 86.8 Å². The Morgan fingerprint density at radius 2 is 1.86 bits per heavy atom. The Kier molecular flexibility index (Phi) is 4.15. The number of rotatable bonds is 5. The van der Waals surface area contributed by atoms with Gasteiger partial charge in [-0.1, -0.05) is 44.2 Å². The predicted molar refractivity (Wildman–Crippen MR) is 60.2 cm³/mol. The van der Waals surface area contributed by atoms with Gasteiger partial charge in [-0.2, -0.15) is 0 Å². The van der Waals surface area contributed by atoms with Gasteiger partial charge in [0.15, 0.2) is 0 Å². The highest BCUT2D eigenvalue weighted by Crippen LogP contribution is 2.26. The molecule has 1 N–H and O–H groups in total. The average molecular weight is 192 g/mol. The first-order valence-corrected chi connectivity index (χ1v) is 5.35. The molecule has 0 aromatic heterocycles. The molecule has 0 aliphatic rings. The molecule has 14 heavy (non-hydrogen) atoms. The third-order valence-corrected chi connectivity index (χ3v) is 3.10. The third-order valence-electron chi connectivity index (χ3n) is 3.10. The maximum Gasteiger partial charge on any atom is 0.0484 e. The van der Waals surface area contributed by atoms with E-state index in [9.17, 15) is 5.11 Å². The van der Waals surface area contributed by atoms with E-state index in [1.54, 1.807) is 0 Å². The van der Waals surface area contributed by atoms with Crippen molar-refractivity contribution < 1.29 is 5.11 Å². The minimum Gasteiger partial charge on any atom is -0.396 e. The first kappa shape index (κ1) is 11.3. The molecule has 0 heterocycles. The molecule has 0 saturated carbocycles. The lowest BCUT2D eigenvalue weighted by atomic mass is 9.82. The Hall–Kier alpha value is -0.820. The monoisotopic (exact) mass is 192 g/mol. The summed E-state index contributed by atoms with van der Waals surface area (Å²) >= 11 is 0. The molecule has 0 saturated heterocycles. The molecule has 0 amide bonds. The second-order valence-electron chi connectivity index (χ2n) is 4.31. The van der Waals surface area contributed by atoms with Gasteiger partial charge < -0.3 is 5.11 Å². The second-order valence-corrected chi connectivity index (χ2v) is 4.31. The van der Waals surface area contributed by atoms with Gasteiger partial charge >= 0.3 is 0 Å². The molecule has 0 aliphatic carbocycles. The van der Waals surface area contributed by atoms with Crippen LogP contribution in [0.5, 0.6) is 0 Å². The van der Waals surface area contributed by atoms with E-state index in [0.717, 1.165) is 19.3 Å². The van der Waals surface area contributed by atoms with E-state index in [-0.39, 0.29) is 12.0 Å². The molecular formula is C13H20O. The van der Waals surface area contributed by atoms with Gasteiger partial charge in [0, 0.05) is 6.61 Å². The molecule has 0 aliphatic heterocycles. The summed E-state index contributed by atoms with van der Waals surface area (Å²) in [6, 6.07) is 10.5. The minimum absolute atomic E-state index is 0.0931. The minimum atomic E-state index is 0.0931. The fraction of sp³-hybridized carbons (Fsp3) is 0.538. The number of benzene rings is 1. The van der Waals surface area contributed by atoms with Crippen LogP contribution in [0.3, 0.4) is 0 Å². The van der Waals surface area contributed by atoms with Gasteiger partial charge in [0.25, 0.3) is 0 Å². The van der Waals surface area contributed by atoms with E-state index < -0.39 is 0 Å². The first-order chi connectivity index (χ1) is 6.70. The van der Waals surface area contributed by atoms with Crippen molar-refractivity contribution in [3.05, 3.63) is 35.9 Å². The maximum atomic E-state index is 9.26. The van der Waals surface area contributed by atoms with E-state index in [4.69, 9.17) is 0 Å². The van der Waals surface area contributed by atoms with Crippen LogP contribution in [-0.4, -0.2) is 11.7 Å². The number of aliphatic hydroxyl groups excluding tert-OH is 1. The van der Waals surface area contributed by atoms with Crippen molar-refractivity contribution in [3.8, 4) is 0 Å². The van der Waals surface area contributed by atoms with Crippen molar-refractivity contribution in [1.29, 1.82) is 0 Å². The molecule has 0 bridgehead atoms. The number of hydrogen-bond donors (Lipinski definition) is 1. The van der Waals surface area contributed by atoms with Crippen LogP contribution in [0.4, 0.5) is 0 Å². The van der Waals surface area contributed by atoms with Crippen molar-refractivity contribution in [2.24, 2.45) is 5.41 Å². The van der Waals surface area contributed by atoms with Gasteiger partial charge in [0.05, 0.1) is 0 Å². The Balaban J connectivity index is 2.48. The molecule has 1 nitrogen and oxygen atoms in total. The Morgan fingerprint density at radius 1 is 1.21 bits per heavy atom. The molecule has 0 fully saturated rings. The molecule has 78 valence electrons.